The van der Waals surface area contributed by atoms with Crippen LogP contribution in [0.2, 0.25) is 0 Å². The summed E-state index contributed by atoms with van der Waals surface area (Å²) in [5.41, 5.74) is 11.4. The molecule has 1 N–H and O–H groups in total. The summed E-state index contributed by atoms with van der Waals surface area (Å²) in [6.07, 6.45) is 3.16. The summed E-state index contributed by atoms with van der Waals surface area (Å²) in [6, 6.07) is 40.3. The predicted octanol–water partition coefficient (Wildman–Crippen LogP) is 7.95. The van der Waals surface area contributed by atoms with Crippen molar-refractivity contribution < 1.29 is 4.80 Å². The first kappa shape index (κ1) is 27.0. The van der Waals surface area contributed by atoms with Gasteiger partial charge in [0.25, 0.3) is 0 Å². The van der Waals surface area contributed by atoms with E-state index in [2.05, 4.69) is 74.0 Å². The minimum Gasteiger partial charge on any atom is -0.412 e. The molecule has 0 aliphatic carbocycles. The fraction of sp³-hybridized carbons (Fsp3) is 0.167. The van der Waals surface area contributed by atoms with Gasteiger partial charge in [0.2, 0.25) is 0 Å². The van der Waals surface area contributed by atoms with Crippen molar-refractivity contribution in [1.82, 2.24) is 0 Å². The van der Waals surface area contributed by atoms with Crippen molar-refractivity contribution >= 4 is 13.9 Å². The average Bonchev–Trinajstić information content (AvgIpc) is 2.94. The Morgan fingerprint density at radius 2 is 1.11 bits per heavy atom. The fourth-order valence-electron chi connectivity index (χ4n) is 4.29. The molecule has 1 unspecified atom stereocenters. The maximum Gasteiger partial charge on any atom is 0.363 e. The van der Waals surface area contributed by atoms with Gasteiger partial charge < -0.3 is 4.80 Å². The smallest absolute Gasteiger partial charge is 0.363 e. The molecule has 2 heteroatoms. The lowest BCUT2D eigenvalue weighted by Gasteiger charge is -2.29. The molecule has 0 amide bonds. The van der Waals surface area contributed by atoms with Crippen molar-refractivity contribution in [3.63, 3.8) is 0 Å². The summed E-state index contributed by atoms with van der Waals surface area (Å²) in [4.78, 5) is 12.7. The van der Waals surface area contributed by atoms with E-state index in [0.29, 0.717) is 0 Å². The third kappa shape index (κ3) is 7.47. The summed E-state index contributed by atoms with van der Waals surface area (Å²) in [7, 11) is -3.62. The molecule has 4 rings (SSSR count). The van der Waals surface area contributed by atoms with Gasteiger partial charge in [-0.1, -0.05) is 147 Å². The van der Waals surface area contributed by atoms with Gasteiger partial charge in [0, 0.05) is 11.1 Å². The van der Waals surface area contributed by atoms with Crippen molar-refractivity contribution in [3.8, 4) is 22.9 Å². The Kier molecular flexibility index (Phi) is 8.83. The molecule has 1 nitrogen and oxygen atoms in total. The molecule has 0 spiro atoms. The van der Waals surface area contributed by atoms with Gasteiger partial charge in [0.1, 0.15) is 0 Å². The van der Waals surface area contributed by atoms with E-state index in [1.165, 1.54) is 0 Å². The summed E-state index contributed by atoms with van der Waals surface area (Å²) in [6.45, 7) is 6.70. The van der Waals surface area contributed by atoms with Crippen LogP contribution in [0.15, 0.2) is 127 Å². The van der Waals surface area contributed by atoms with E-state index in [-0.39, 0.29) is 11.0 Å². The zero-order valence-electron chi connectivity index (χ0n) is 22.4. The Morgan fingerprint density at radius 3 is 1.55 bits per heavy atom. The number of hydrogen-bond acceptors (Lipinski definition) is 1. The second kappa shape index (κ2) is 12.4. The first-order chi connectivity index (χ1) is 18.3. The van der Waals surface area contributed by atoms with Crippen LogP contribution in [0.5, 0.6) is 0 Å². The second-order valence-corrected chi connectivity index (χ2v) is 13.2. The van der Waals surface area contributed by atoms with Crippen LogP contribution < -0.4 is 0 Å². The minimum atomic E-state index is -3.62. The lowest BCUT2D eigenvalue weighted by atomic mass is 9.88. The lowest BCUT2D eigenvalue weighted by molar-refractivity contribution is 0.420. The number of allylic oxidation sites excluding steroid dienone is 2. The Bertz CT molecular complexity index is 1400. The van der Waals surface area contributed by atoms with Crippen molar-refractivity contribution in [2.45, 2.75) is 32.7 Å². The summed E-state index contributed by atoms with van der Waals surface area (Å²) in [5, 5.41) is 0. The van der Waals surface area contributed by atoms with Crippen LogP contribution in [0.25, 0.3) is 5.57 Å². The Hall–Kier alpha value is -4.08. The predicted molar refractivity (Wildman–Crippen MR) is 162 cm³/mol. The van der Waals surface area contributed by atoms with Crippen molar-refractivity contribution in [1.29, 1.82) is 0 Å². The van der Waals surface area contributed by atoms with Crippen LogP contribution in [-0.4, -0.2) is 13.1 Å². The van der Waals surface area contributed by atoms with Crippen LogP contribution in [0.1, 0.15) is 55.0 Å². The summed E-state index contributed by atoms with van der Waals surface area (Å²) >= 11 is 0. The molecular weight excluding hydrogens is 476 g/mol. The van der Waals surface area contributed by atoms with E-state index in [9.17, 15) is 4.80 Å². The number of rotatable bonds is 5. The zero-order chi connectivity index (χ0) is 26.8. The van der Waals surface area contributed by atoms with Crippen LogP contribution >= 0.6 is 0 Å². The standard InChI is InChI=1S/C36H34OSi/c1-36(2,3)27-24-34(32-20-12-6-13-21-32)35(33-22-14-7-15-23-33)38(37,28-25-30-16-8-4-9-17-30)29-26-31-18-10-5-11-19-31/h4-24,35,37H,27H2,1-3H3. The van der Waals surface area contributed by atoms with E-state index in [4.69, 9.17) is 0 Å². The van der Waals surface area contributed by atoms with Crippen LogP contribution in [0.3, 0.4) is 0 Å². The highest BCUT2D eigenvalue weighted by molar-refractivity contribution is 6.90. The molecule has 0 saturated carbocycles. The Balaban J connectivity index is 1.98. The highest BCUT2D eigenvalue weighted by atomic mass is 28.4. The first-order valence-electron chi connectivity index (χ1n) is 13.0. The van der Waals surface area contributed by atoms with Gasteiger partial charge >= 0.3 is 8.32 Å². The van der Waals surface area contributed by atoms with Crippen molar-refractivity contribution in [2.24, 2.45) is 5.41 Å². The molecule has 188 valence electrons. The fourth-order valence-corrected chi connectivity index (χ4v) is 6.72. The zero-order valence-corrected chi connectivity index (χ0v) is 23.4. The normalized spacial score (nSPS) is 12.5. The molecule has 1 atom stereocenters. The Labute approximate surface area is 229 Å². The monoisotopic (exact) mass is 510 g/mol. The molecule has 0 saturated heterocycles. The summed E-state index contributed by atoms with van der Waals surface area (Å²) in [5.74, 6) is 6.56. The molecule has 4 aromatic carbocycles. The maximum atomic E-state index is 12.7. The topological polar surface area (TPSA) is 20.2 Å². The van der Waals surface area contributed by atoms with Gasteiger partial charge in [0.15, 0.2) is 0 Å². The van der Waals surface area contributed by atoms with Gasteiger partial charge in [0.05, 0.1) is 5.54 Å². The first-order valence-corrected chi connectivity index (χ1v) is 15.1. The van der Waals surface area contributed by atoms with Crippen LogP contribution in [0.4, 0.5) is 0 Å². The lowest BCUT2D eigenvalue weighted by Crippen LogP contribution is -2.41. The van der Waals surface area contributed by atoms with E-state index < -0.39 is 8.32 Å². The Morgan fingerprint density at radius 1 is 0.684 bits per heavy atom. The van der Waals surface area contributed by atoms with E-state index in [0.717, 1.165) is 34.2 Å². The largest absolute Gasteiger partial charge is 0.412 e. The average molecular weight is 511 g/mol. The molecule has 0 aliphatic rings. The third-order valence-corrected chi connectivity index (χ3v) is 8.74. The quantitative estimate of drug-likeness (QED) is 0.213. The van der Waals surface area contributed by atoms with Gasteiger partial charge in [-0.3, -0.25) is 0 Å². The molecule has 38 heavy (non-hydrogen) atoms. The van der Waals surface area contributed by atoms with Gasteiger partial charge in [-0.2, -0.15) is 0 Å². The molecule has 0 heterocycles. The third-order valence-electron chi connectivity index (χ3n) is 6.25. The van der Waals surface area contributed by atoms with E-state index in [1.54, 1.807) is 0 Å². The van der Waals surface area contributed by atoms with Crippen molar-refractivity contribution in [3.05, 3.63) is 150 Å². The molecule has 0 aromatic heterocycles. The molecule has 0 aliphatic heterocycles. The van der Waals surface area contributed by atoms with Crippen LogP contribution in [0, 0.1) is 28.3 Å². The molecular formula is C36H34OSi. The van der Waals surface area contributed by atoms with Crippen LogP contribution in [-0.2, 0) is 0 Å². The van der Waals surface area contributed by atoms with Gasteiger partial charge in [-0.05, 0) is 52.8 Å². The van der Waals surface area contributed by atoms with E-state index >= 15 is 0 Å². The highest BCUT2D eigenvalue weighted by Crippen LogP contribution is 2.39. The second-order valence-electron chi connectivity index (χ2n) is 10.6. The number of hydrogen-bond donors (Lipinski definition) is 1. The number of benzene rings is 4. The SMILES string of the molecule is CC(C)(C)CC=C(c1ccccc1)C(c1ccccc1)[Si](O)(C#Cc1ccccc1)C#Cc1ccccc1. The summed E-state index contributed by atoms with van der Waals surface area (Å²) < 4.78 is 0. The maximum absolute atomic E-state index is 12.7. The van der Waals surface area contributed by atoms with Gasteiger partial charge in [-0.25, -0.2) is 0 Å². The molecule has 0 bridgehead atoms. The molecule has 0 radical (unpaired) electrons. The minimum absolute atomic E-state index is 0.0897. The molecule has 4 aromatic rings. The van der Waals surface area contributed by atoms with Crippen molar-refractivity contribution in [2.75, 3.05) is 0 Å². The van der Waals surface area contributed by atoms with Gasteiger partial charge in [-0.15, -0.1) is 0 Å². The highest BCUT2D eigenvalue weighted by Gasteiger charge is 2.42. The van der Waals surface area contributed by atoms with E-state index in [1.807, 2.05) is 97.1 Å². The molecule has 0 fully saturated rings.